The van der Waals surface area contributed by atoms with Crippen LogP contribution in [0.3, 0.4) is 0 Å². The highest BCUT2D eigenvalue weighted by Crippen LogP contribution is 2.41. The zero-order chi connectivity index (χ0) is 11.4. The standard InChI is InChI=1S/C12H8O2S2/c1-5-8-9(6(2)16-5)11(14)12-7(10(8)13)3-4-15-12/h3-4,13-14H,1-2H2. The van der Waals surface area contributed by atoms with Crippen molar-refractivity contribution in [3.05, 3.63) is 20.5 Å². The minimum absolute atomic E-state index is 0.195. The highest BCUT2D eigenvalue weighted by Gasteiger charge is 2.16. The fourth-order valence-electron chi connectivity index (χ4n) is 1.96. The summed E-state index contributed by atoms with van der Waals surface area (Å²) in [6.07, 6.45) is 0. The Hall–Kier alpha value is -1.52. The molecule has 80 valence electrons. The predicted molar refractivity (Wildman–Crippen MR) is 70.8 cm³/mol. The second kappa shape index (κ2) is 2.99. The third-order valence-electron chi connectivity index (χ3n) is 2.66. The molecule has 1 aromatic carbocycles. The van der Waals surface area contributed by atoms with Crippen molar-refractivity contribution in [2.75, 3.05) is 0 Å². The number of rotatable bonds is 0. The van der Waals surface area contributed by atoms with Crippen molar-refractivity contribution in [3.63, 3.8) is 0 Å². The van der Waals surface area contributed by atoms with Gasteiger partial charge in [-0.05, 0) is 11.4 Å². The van der Waals surface area contributed by atoms with Crippen LogP contribution in [0.2, 0.25) is 0 Å². The number of aromatic hydroxyl groups is 2. The first-order valence-corrected chi connectivity index (χ1v) is 6.32. The Kier molecular flexibility index (Phi) is 1.81. The summed E-state index contributed by atoms with van der Waals surface area (Å²) in [7, 11) is 0. The van der Waals surface area contributed by atoms with Gasteiger partial charge in [-0.1, -0.05) is 13.2 Å². The first-order valence-electron chi connectivity index (χ1n) is 4.62. The fourth-order valence-corrected chi connectivity index (χ4v) is 3.70. The van der Waals surface area contributed by atoms with Crippen molar-refractivity contribution in [1.29, 1.82) is 0 Å². The molecule has 2 aromatic heterocycles. The molecule has 0 saturated carbocycles. The average molecular weight is 248 g/mol. The molecule has 2 nitrogen and oxygen atoms in total. The van der Waals surface area contributed by atoms with Gasteiger partial charge in [0.25, 0.3) is 0 Å². The smallest absolute Gasteiger partial charge is 0.142 e. The van der Waals surface area contributed by atoms with E-state index in [2.05, 4.69) is 13.2 Å². The van der Waals surface area contributed by atoms with Crippen molar-refractivity contribution in [1.82, 2.24) is 0 Å². The summed E-state index contributed by atoms with van der Waals surface area (Å²) in [6, 6.07) is 1.80. The van der Waals surface area contributed by atoms with Crippen LogP contribution in [0.5, 0.6) is 11.5 Å². The third-order valence-corrected chi connectivity index (χ3v) is 4.49. The molecule has 0 unspecified atom stereocenters. The van der Waals surface area contributed by atoms with E-state index in [-0.39, 0.29) is 11.5 Å². The van der Waals surface area contributed by atoms with E-state index >= 15 is 0 Å². The van der Waals surface area contributed by atoms with Crippen molar-refractivity contribution in [2.45, 2.75) is 0 Å². The van der Waals surface area contributed by atoms with Gasteiger partial charge in [0, 0.05) is 25.2 Å². The van der Waals surface area contributed by atoms with E-state index in [1.165, 1.54) is 22.7 Å². The maximum absolute atomic E-state index is 10.2. The van der Waals surface area contributed by atoms with Crippen LogP contribution in [0.4, 0.5) is 0 Å². The molecule has 0 radical (unpaired) electrons. The average Bonchev–Trinajstić information content (AvgIpc) is 2.80. The maximum atomic E-state index is 10.2. The Morgan fingerprint density at radius 1 is 1.00 bits per heavy atom. The monoisotopic (exact) mass is 248 g/mol. The summed E-state index contributed by atoms with van der Waals surface area (Å²) in [5, 5.41) is 24.1. The number of phenolic OH excluding ortho intramolecular Hbond substituents is 2. The zero-order valence-electron chi connectivity index (χ0n) is 8.28. The largest absolute Gasteiger partial charge is 0.507 e. The highest BCUT2D eigenvalue weighted by atomic mass is 32.1. The lowest BCUT2D eigenvalue weighted by molar-refractivity contribution is 0.479. The van der Waals surface area contributed by atoms with Gasteiger partial charge in [-0.25, -0.2) is 0 Å². The molecule has 0 bridgehead atoms. The van der Waals surface area contributed by atoms with E-state index in [1.807, 2.05) is 5.38 Å². The first-order chi connectivity index (χ1) is 7.61. The normalized spacial score (nSPS) is 11.5. The van der Waals surface area contributed by atoms with Crippen molar-refractivity contribution < 1.29 is 10.2 Å². The van der Waals surface area contributed by atoms with Gasteiger partial charge in [0.05, 0.1) is 4.70 Å². The topological polar surface area (TPSA) is 40.5 Å². The van der Waals surface area contributed by atoms with Crippen LogP contribution in [0.1, 0.15) is 0 Å². The van der Waals surface area contributed by atoms with Crippen LogP contribution < -0.4 is 9.06 Å². The fraction of sp³-hybridized carbons (Fsp3) is 0. The summed E-state index contributed by atoms with van der Waals surface area (Å²) < 4.78 is 2.18. The molecule has 4 heteroatoms. The number of hydrogen-bond acceptors (Lipinski definition) is 4. The molecular formula is C12H8O2S2. The number of fused-ring (bicyclic) bond motifs is 2. The molecule has 2 N–H and O–H groups in total. The third kappa shape index (κ3) is 1.00. The molecule has 0 saturated heterocycles. The molecule has 0 spiro atoms. The summed E-state index contributed by atoms with van der Waals surface area (Å²) in [5.41, 5.74) is 0. The van der Waals surface area contributed by atoms with E-state index in [4.69, 9.17) is 0 Å². The number of hydrogen-bond donors (Lipinski definition) is 2. The Balaban J connectivity index is 2.84. The molecule has 2 heterocycles. The number of phenols is 2. The van der Waals surface area contributed by atoms with Gasteiger partial charge in [0.15, 0.2) is 0 Å². The van der Waals surface area contributed by atoms with Gasteiger partial charge in [0.1, 0.15) is 11.5 Å². The molecule has 0 aliphatic rings. The lowest BCUT2D eigenvalue weighted by Gasteiger charge is -2.02. The molecule has 3 aromatic rings. The van der Waals surface area contributed by atoms with Gasteiger partial charge in [0.2, 0.25) is 0 Å². The molecule has 16 heavy (non-hydrogen) atoms. The van der Waals surface area contributed by atoms with E-state index in [9.17, 15) is 10.2 Å². The van der Waals surface area contributed by atoms with E-state index < -0.39 is 0 Å². The van der Waals surface area contributed by atoms with Crippen molar-refractivity contribution >= 4 is 56.7 Å². The maximum Gasteiger partial charge on any atom is 0.142 e. The quantitative estimate of drug-likeness (QED) is 0.600. The second-order valence-electron chi connectivity index (χ2n) is 3.56. The van der Waals surface area contributed by atoms with Crippen LogP contribution in [0, 0.1) is 0 Å². The first kappa shape index (κ1) is 9.69. The summed E-state index contributed by atoms with van der Waals surface area (Å²) >= 11 is 2.79. The SMILES string of the molecule is C=c1sc(=C)c2c(O)c3sccc3c(O)c12. The summed E-state index contributed by atoms with van der Waals surface area (Å²) in [4.78, 5) is 0. The minimum Gasteiger partial charge on any atom is -0.507 e. The molecule has 0 aliphatic carbocycles. The molecule has 0 atom stereocenters. The lowest BCUT2D eigenvalue weighted by Crippen LogP contribution is -1.88. The van der Waals surface area contributed by atoms with Crippen molar-refractivity contribution in [3.8, 4) is 11.5 Å². The zero-order valence-corrected chi connectivity index (χ0v) is 9.91. The van der Waals surface area contributed by atoms with Crippen LogP contribution in [0.15, 0.2) is 11.4 Å². The van der Waals surface area contributed by atoms with Gasteiger partial charge < -0.3 is 10.2 Å². The predicted octanol–water partition coefficient (Wildman–Crippen LogP) is 2.35. The Morgan fingerprint density at radius 2 is 1.62 bits per heavy atom. The molecular weight excluding hydrogens is 240 g/mol. The highest BCUT2D eigenvalue weighted by molar-refractivity contribution is 7.18. The van der Waals surface area contributed by atoms with Crippen LogP contribution >= 0.6 is 22.7 Å². The minimum atomic E-state index is 0.195. The van der Waals surface area contributed by atoms with Gasteiger partial charge in [-0.3, -0.25) is 0 Å². The molecule has 3 rings (SSSR count). The lowest BCUT2D eigenvalue weighted by atomic mass is 10.1. The van der Waals surface area contributed by atoms with Crippen LogP contribution in [-0.2, 0) is 0 Å². The molecule has 0 amide bonds. The van der Waals surface area contributed by atoms with Crippen molar-refractivity contribution in [2.24, 2.45) is 0 Å². The Bertz CT molecular complexity index is 746. The van der Waals surface area contributed by atoms with E-state index in [0.717, 1.165) is 9.06 Å². The van der Waals surface area contributed by atoms with E-state index in [1.54, 1.807) is 6.07 Å². The number of thiophene rings is 2. The molecule has 0 fully saturated rings. The van der Waals surface area contributed by atoms with Gasteiger partial charge >= 0.3 is 0 Å². The summed E-state index contributed by atoms with van der Waals surface area (Å²) in [6.45, 7) is 7.75. The summed E-state index contributed by atoms with van der Waals surface area (Å²) in [5.74, 6) is 0.397. The van der Waals surface area contributed by atoms with Gasteiger partial charge in [-0.2, -0.15) is 0 Å². The second-order valence-corrected chi connectivity index (χ2v) is 5.66. The Morgan fingerprint density at radius 3 is 2.31 bits per heavy atom. The van der Waals surface area contributed by atoms with Crippen LogP contribution in [-0.4, -0.2) is 10.2 Å². The van der Waals surface area contributed by atoms with E-state index in [0.29, 0.717) is 20.9 Å². The molecule has 0 aliphatic heterocycles. The van der Waals surface area contributed by atoms with Crippen LogP contribution in [0.25, 0.3) is 34.0 Å². The van der Waals surface area contributed by atoms with Gasteiger partial charge in [-0.15, -0.1) is 22.7 Å². The Labute approximate surface area is 99.0 Å². The number of benzene rings is 1.